The standard InChI is InChI=1S/C7H16N2O2S/c1-3-4-5-9-7-6-8(2)12(9,10)11/h3-7H2,1-2H3. The lowest BCUT2D eigenvalue weighted by Gasteiger charge is -2.14. The van der Waals surface area contributed by atoms with E-state index in [9.17, 15) is 8.42 Å². The van der Waals surface area contributed by atoms with Gasteiger partial charge in [0.15, 0.2) is 0 Å². The molecular formula is C7H16N2O2S. The summed E-state index contributed by atoms with van der Waals surface area (Å²) in [4.78, 5) is 0. The van der Waals surface area contributed by atoms with Gasteiger partial charge in [0, 0.05) is 26.7 Å². The SMILES string of the molecule is CCCCN1CCN(C)S1(=O)=O. The molecule has 1 heterocycles. The van der Waals surface area contributed by atoms with Gasteiger partial charge in [-0.2, -0.15) is 17.0 Å². The van der Waals surface area contributed by atoms with Gasteiger partial charge < -0.3 is 0 Å². The number of nitrogens with zero attached hydrogens (tertiary/aromatic N) is 2. The van der Waals surface area contributed by atoms with Gasteiger partial charge in [0.25, 0.3) is 10.2 Å². The summed E-state index contributed by atoms with van der Waals surface area (Å²) in [5.41, 5.74) is 0. The monoisotopic (exact) mass is 192 g/mol. The largest absolute Gasteiger partial charge is 0.281 e. The van der Waals surface area contributed by atoms with Crippen LogP contribution < -0.4 is 0 Å². The molecule has 0 aromatic rings. The van der Waals surface area contributed by atoms with E-state index in [0.717, 1.165) is 12.8 Å². The molecule has 0 aliphatic carbocycles. The van der Waals surface area contributed by atoms with Crippen LogP contribution in [0.4, 0.5) is 0 Å². The zero-order chi connectivity index (χ0) is 9.19. The van der Waals surface area contributed by atoms with E-state index in [1.165, 1.54) is 4.31 Å². The maximum atomic E-state index is 11.5. The van der Waals surface area contributed by atoms with Crippen LogP contribution in [0.2, 0.25) is 0 Å². The van der Waals surface area contributed by atoms with Crippen molar-refractivity contribution in [1.82, 2.24) is 8.61 Å². The zero-order valence-corrected chi connectivity index (χ0v) is 8.47. The van der Waals surface area contributed by atoms with E-state index in [1.54, 1.807) is 11.4 Å². The van der Waals surface area contributed by atoms with Crippen LogP contribution >= 0.6 is 0 Å². The highest BCUT2D eigenvalue weighted by Crippen LogP contribution is 2.14. The quantitative estimate of drug-likeness (QED) is 0.644. The summed E-state index contributed by atoms with van der Waals surface area (Å²) in [6.07, 6.45) is 1.99. The smallest absolute Gasteiger partial charge is 0.195 e. The van der Waals surface area contributed by atoms with E-state index in [0.29, 0.717) is 19.6 Å². The Hall–Kier alpha value is -0.130. The van der Waals surface area contributed by atoms with Crippen molar-refractivity contribution >= 4 is 10.2 Å². The van der Waals surface area contributed by atoms with E-state index in [-0.39, 0.29) is 0 Å². The normalized spacial score (nSPS) is 24.8. The molecular weight excluding hydrogens is 176 g/mol. The molecule has 1 aliphatic heterocycles. The Bertz CT molecular complexity index is 238. The van der Waals surface area contributed by atoms with Gasteiger partial charge in [-0.05, 0) is 6.42 Å². The number of hydrogen-bond donors (Lipinski definition) is 0. The molecule has 1 fully saturated rings. The minimum Gasteiger partial charge on any atom is -0.195 e. The molecule has 0 aromatic carbocycles. The Labute approximate surface area is 74.3 Å². The van der Waals surface area contributed by atoms with Crippen molar-refractivity contribution < 1.29 is 8.42 Å². The Morgan fingerprint density at radius 3 is 2.42 bits per heavy atom. The fourth-order valence-corrected chi connectivity index (χ4v) is 2.62. The van der Waals surface area contributed by atoms with Crippen LogP contribution in [-0.2, 0) is 10.2 Å². The van der Waals surface area contributed by atoms with Crippen LogP contribution in [0.15, 0.2) is 0 Å². The van der Waals surface area contributed by atoms with Crippen molar-refractivity contribution in [3.8, 4) is 0 Å². The molecule has 0 N–H and O–H groups in total. The van der Waals surface area contributed by atoms with Gasteiger partial charge in [-0.3, -0.25) is 0 Å². The minimum atomic E-state index is -3.07. The molecule has 5 heteroatoms. The topological polar surface area (TPSA) is 40.6 Å². The summed E-state index contributed by atoms with van der Waals surface area (Å²) >= 11 is 0. The van der Waals surface area contributed by atoms with Gasteiger partial charge in [0.2, 0.25) is 0 Å². The molecule has 0 radical (unpaired) electrons. The molecule has 12 heavy (non-hydrogen) atoms. The summed E-state index contributed by atoms with van der Waals surface area (Å²) < 4.78 is 25.9. The van der Waals surface area contributed by atoms with Gasteiger partial charge in [-0.15, -0.1) is 0 Å². The van der Waals surface area contributed by atoms with Crippen LogP contribution in [0, 0.1) is 0 Å². The van der Waals surface area contributed by atoms with Crippen LogP contribution in [0.25, 0.3) is 0 Å². The Kier molecular flexibility index (Phi) is 3.09. The highest BCUT2D eigenvalue weighted by Gasteiger charge is 2.32. The van der Waals surface area contributed by atoms with Gasteiger partial charge >= 0.3 is 0 Å². The van der Waals surface area contributed by atoms with E-state index in [2.05, 4.69) is 6.92 Å². The first-order valence-electron chi connectivity index (χ1n) is 4.30. The lowest BCUT2D eigenvalue weighted by molar-refractivity contribution is 0.438. The number of likely N-dealkylation sites (N-methyl/N-ethyl adjacent to an activating group) is 1. The number of unbranched alkanes of at least 4 members (excludes halogenated alkanes) is 1. The first-order chi connectivity index (χ1) is 5.59. The second-order valence-electron chi connectivity index (χ2n) is 3.08. The number of rotatable bonds is 3. The van der Waals surface area contributed by atoms with Gasteiger partial charge in [0.1, 0.15) is 0 Å². The second kappa shape index (κ2) is 3.72. The molecule has 72 valence electrons. The first-order valence-corrected chi connectivity index (χ1v) is 5.70. The fourth-order valence-electron chi connectivity index (χ4n) is 1.24. The minimum absolute atomic E-state index is 0.631. The predicted octanol–water partition coefficient (Wildman–Crippen LogP) is 0.279. The molecule has 1 aliphatic rings. The van der Waals surface area contributed by atoms with Gasteiger partial charge in [-0.1, -0.05) is 13.3 Å². The van der Waals surface area contributed by atoms with Crippen LogP contribution in [0.5, 0.6) is 0 Å². The van der Waals surface area contributed by atoms with Crippen LogP contribution in [0.1, 0.15) is 19.8 Å². The third-order valence-electron chi connectivity index (χ3n) is 2.15. The van der Waals surface area contributed by atoms with Crippen molar-refractivity contribution in [3.63, 3.8) is 0 Å². The first kappa shape index (κ1) is 9.95. The molecule has 0 unspecified atom stereocenters. The van der Waals surface area contributed by atoms with E-state index in [1.807, 2.05) is 0 Å². The Balaban J connectivity index is 2.57. The molecule has 0 aromatic heterocycles. The summed E-state index contributed by atoms with van der Waals surface area (Å²) in [5, 5.41) is 0. The van der Waals surface area contributed by atoms with Crippen molar-refractivity contribution in [2.24, 2.45) is 0 Å². The lowest BCUT2D eigenvalue weighted by atomic mass is 10.3. The zero-order valence-electron chi connectivity index (χ0n) is 7.65. The van der Waals surface area contributed by atoms with Crippen LogP contribution in [-0.4, -0.2) is 43.7 Å². The third-order valence-corrected chi connectivity index (χ3v) is 4.13. The molecule has 0 saturated carbocycles. The molecule has 0 bridgehead atoms. The average molecular weight is 192 g/mol. The maximum Gasteiger partial charge on any atom is 0.281 e. The van der Waals surface area contributed by atoms with Gasteiger partial charge in [-0.25, -0.2) is 0 Å². The predicted molar refractivity (Wildman–Crippen MR) is 48.0 cm³/mol. The van der Waals surface area contributed by atoms with Gasteiger partial charge in [0.05, 0.1) is 0 Å². The summed E-state index contributed by atoms with van der Waals surface area (Å²) in [7, 11) is -1.45. The lowest BCUT2D eigenvalue weighted by Crippen LogP contribution is -2.31. The second-order valence-corrected chi connectivity index (χ2v) is 5.12. The summed E-state index contributed by atoms with van der Waals surface area (Å²) in [6, 6.07) is 0. The van der Waals surface area contributed by atoms with Crippen molar-refractivity contribution in [1.29, 1.82) is 0 Å². The summed E-state index contributed by atoms with van der Waals surface area (Å²) in [5.74, 6) is 0. The van der Waals surface area contributed by atoms with E-state index < -0.39 is 10.2 Å². The molecule has 1 saturated heterocycles. The maximum absolute atomic E-state index is 11.5. The van der Waals surface area contributed by atoms with Crippen molar-refractivity contribution in [2.45, 2.75) is 19.8 Å². The van der Waals surface area contributed by atoms with E-state index in [4.69, 9.17) is 0 Å². The average Bonchev–Trinajstić information content (AvgIpc) is 2.25. The molecule has 4 nitrogen and oxygen atoms in total. The van der Waals surface area contributed by atoms with E-state index >= 15 is 0 Å². The van der Waals surface area contributed by atoms with Crippen molar-refractivity contribution in [2.75, 3.05) is 26.7 Å². The highest BCUT2D eigenvalue weighted by molar-refractivity contribution is 7.87. The Morgan fingerprint density at radius 1 is 1.33 bits per heavy atom. The molecule has 0 atom stereocenters. The molecule has 0 spiro atoms. The Morgan fingerprint density at radius 2 is 2.00 bits per heavy atom. The third kappa shape index (κ3) is 1.78. The van der Waals surface area contributed by atoms with Crippen LogP contribution in [0.3, 0.4) is 0 Å². The van der Waals surface area contributed by atoms with Crippen molar-refractivity contribution in [3.05, 3.63) is 0 Å². The number of hydrogen-bond acceptors (Lipinski definition) is 2. The molecule has 0 amide bonds. The molecule has 1 rings (SSSR count). The fraction of sp³-hybridized carbons (Fsp3) is 1.00. The highest BCUT2D eigenvalue weighted by atomic mass is 32.2. The summed E-state index contributed by atoms with van der Waals surface area (Å²) in [6.45, 7) is 4.01.